The molecule has 118 valence electrons. The van der Waals surface area contributed by atoms with E-state index in [-0.39, 0.29) is 24.4 Å². The number of pyridine rings is 1. The van der Waals surface area contributed by atoms with Gasteiger partial charge >= 0.3 is 0 Å². The number of methoxy groups -OCH3 is 1. The minimum atomic E-state index is -0.0757. The summed E-state index contributed by atoms with van der Waals surface area (Å²) in [5, 5.41) is 9.62. The number of carbonyl (C=O) groups is 1. The Morgan fingerprint density at radius 2 is 2.17 bits per heavy atom. The molecule has 1 heterocycles. The molecule has 2 rings (SSSR count). The summed E-state index contributed by atoms with van der Waals surface area (Å²) >= 11 is 6.13. The monoisotopic (exact) mass is 330 g/mol. The molecule has 0 spiro atoms. The number of halogens is 1. The van der Waals surface area contributed by atoms with Crippen LogP contribution in [-0.2, 0) is 16.0 Å². The third-order valence-electron chi connectivity index (χ3n) is 3.11. The van der Waals surface area contributed by atoms with E-state index >= 15 is 0 Å². The second-order valence-electron chi connectivity index (χ2n) is 4.91. The minimum Gasteiger partial charge on any atom is -0.456 e. The summed E-state index contributed by atoms with van der Waals surface area (Å²) in [6.07, 6.45) is 1.71. The number of Topliss-reactive ketones (excluding diaryl/α,β-unsaturated/α-hetero) is 1. The maximum atomic E-state index is 11.6. The Balaban J connectivity index is 2.23. The Kier molecular flexibility index (Phi) is 5.69. The first-order valence-electron chi connectivity index (χ1n) is 6.87. The van der Waals surface area contributed by atoms with Gasteiger partial charge in [-0.25, -0.2) is 0 Å². The third-order valence-corrected chi connectivity index (χ3v) is 3.60. The number of aromatic nitrogens is 1. The van der Waals surface area contributed by atoms with Crippen molar-refractivity contribution >= 4 is 17.4 Å². The quantitative estimate of drug-likeness (QED) is 0.811. The number of aryl methyl sites for hydroxylation is 1. The molecule has 0 saturated heterocycles. The molecular formula is C17H15ClN2O3. The van der Waals surface area contributed by atoms with Gasteiger partial charge in [0, 0.05) is 19.4 Å². The van der Waals surface area contributed by atoms with Crippen LogP contribution in [0.5, 0.6) is 11.5 Å². The van der Waals surface area contributed by atoms with Crippen LogP contribution < -0.4 is 4.74 Å². The second-order valence-corrected chi connectivity index (χ2v) is 5.29. The number of hydrogen-bond acceptors (Lipinski definition) is 5. The number of carbonyl (C=O) groups excluding carboxylic acids is 1. The number of ether oxygens (including phenoxy) is 2. The minimum absolute atomic E-state index is 0.0406. The van der Waals surface area contributed by atoms with Crippen LogP contribution in [0.4, 0.5) is 0 Å². The van der Waals surface area contributed by atoms with E-state index in [0.29, 0.717) is 22.2 Å². The van der Waals surface area contributed by atoms with Crippen molar-refractivity contribution in [1.29, 1.82) is 5.26 Å². The van der Waals surface area contributed by atoms with E-state index in [1.807, 2.05) is 13.0 Å². The van der Waals surface area contributed by atoms with Gasteiger partial charge in [-0.1, -0.05) is 17.7 Å². The maximum Gasteiger partial charge on any atom is 0.164 e. The Morgan fingerprint density at radius 1 is 1.39 bits per heavy atom. The van der Waals surface area contributed by atoms with Crippen molar-refractivity contribution in [3.63, 3.8) is 0 Å². The standard InChI is InChI=1S/C17H15ClN2O3/c1-11-3-4-16(15(9-19)17(11)18)23-14-5-6-20-12(8-14)7-13(21)10-22-2/h3-6,8H,7,10H2,1-2H3. The zero-order valence-electron chi connectivity index (χ0n) is 12.8. The van der Waals surface area contributed by atoms with Gasteiger partial charge in [-0.05, 0) is 24.6 Å². The van der Waals surface area contributed by atoms with Gasteiger partial charge in [0.1, 0.15) is 29.7 Å². The molecule has 2 aromatic rings. The summed E-state index contributed by atoms with van der Waals surface area (Å²) in [4.78, 5) is 15.7. The Labute approximate surface area is 139 Å². The van der Waals surface area contributed by atoms with Crippen LogP contribution in [0.25, 0.3) is 0 Å². The molecule has 0 unspecified atom stereocenters. The summed E-state index contributed by atoms with van der Waals surface area (Å²) in [6.45, 7) is 1.86. The molecule has 0 aliphatic heterocycles. The van der Waals surface area contributed by atoms with Crippen LogP contribution in [-0.4, -0.2) is 24.5 Å². The third kappa shape index (κ3) is 4.28. The lowest BCUT2D eigenvalue weighted by atomic mass is 10.1. The molecule has 1 aromatic heterocycles. The van der Waals surface area contributed by atoms with Crippen LogP contribution in [0.1, 0.15) is 16.8 Å². The molecule has 0 amide bonds. The van der Waals surface area contributed by atoms with Crippen molar-refractivity contribution in [2.45, 2.75) is 13.3 Å². The van der Waals surface area contributed by atoms with Crippen molar-refractivity contribution in [2.75, 3.05) is 13.7 Å². The Morgan fingerprint density at radius 3 is 2.87 bits per heavy atom. The molecule has 0 atom stereocenters. The first-order chi connectivity index (χ1) is 11.0. The normalized spacial score (nSPS) is 10.2. The number of benzene rings is 1. The van der Waals surface area contributed by atoms with E-state index in [2.05, 4.69) is 4.98 Å². The predicted molar refractivity (Wildman–Crippen MR) is 85.8 cm³/mol. The zero-order valence-corrected chi connectivity index (χ0v) is 13.6. The summed E-state index contributed by atoms with van der Waals surface area (Å²) < 4.78 is 10.5. The first-order valence-corrected chi connectivity index (χ1v) is 7.25. The molecular weight excluding hydrogens is 316 g/mol. The highest BCUT2D eigenvalue weighted by atomic mass is 35.5. The highest BCUT2D eigenvalue weighted by molar-refractivity contribution is 6.32. The van der Waals surface area contributed by atoms with Crippen molar-refractivity contribution in [1.82, 2.24) is 4.98 Å². The van der Waals surface area contributed by atoms with Crippen LogP contribution in [0.2, 0.25) is 5.02 Å². The smallest absolute Gasteiger partial charge is 0.164 e. The number of rotatable bonds is 6. The topological polar surface area (TPSA) is 72.2 Å². The second kappa shape index (κ2) is 7.73. The van der Waals surface area contributed by atoms with E-state index in [4.69, 9.17) is 21.1 Å². The lowest BCUT2D eigenvalue weighted by Gasteiger charge is -2.10. The molecule has 0 aliphatic carbocycles. The van der Waals surface area contributed by atoms with Crippen LogP contribution in [0, 0.1) is 18.3 Å². The maximum absolute atomic E-state index is 11.6. The molecule has 23 heavy (non-hydrogen) atoms. The van der Waals surface area contributed by atoms with E-state index < -0.39 is 0 Å². The van der Waals surface area contributed by atoms with E-state index in [1.54, 1.807) is 30.5 Å². The zero-order chi connectivity index (χ0) is 16.8. The molecule has 0 N–H and O–H groups in total. The molecule has 0 bridgehead atoms. The fourth-order valence-corrected chi connectivity index (χ4v) is 2.21. The molecule has 0 aliphatic rings. The van der Waals surface area contributed by atoms with Gasteiger partial charge in [0.25, 0.3) is 0 Å². The average Bonchev–Trinajstić information content (AvgIpc) is 2.52. The van der Waals surface area contributed by atoms with Gasteiger partial charge in [0.15, 0.2) is 5.78 Å². The van der Waals surface area contributed by atoms with E-state index in [0.717, 1.165) is 5.56 Å². The van der Waals surface area contributed by atoms with Crippen molar-refractivity contribution in [3.05, 3.63) is 52.3 Å². The van der Waals surface area contributed by atoms with Crippen LogP contribution in [0.15, 0.2) is 30.5 Å². The van der Waals surface area contributed by atoms with E-state index in [9.17, 15) is 10.1 Å². The number of hydrogen-bond donors (Lipinski definition) is 0. The summed E-state index contributed by atoms with van der Waals surface area (Å²) in [5.41, 5.74) is 1.65. The van der Waals surface area contributed by atoms with Gasteiger partial charge in [0.2, 0.25) is 0 Å². The molecule has 0 fully saturated rings. The van der Waals surface area contributed by atoms with Crippen LogP contribution in [0.3, 0.4) is 0 Å². The number of nitrogens with zero attached hydrogens (tertiary/aromatic N) is 2. The highest BCUT2D eigenvalue weighted by Crippen LogP contribution is 2.32. The molecule has 6 heteroatoms. The fourth-order valence-electron chi connectivity index (χ4n) is 2.01. The summed E-state index contributed by atoms with van der Waals surface area (Å²) in [5.74, 6) is 0.772. The van der Waals surface area contributed by atoms with Gasteiger partial charge in [-0.3, -0.25) is 9.78 Å². The Hall–Kier alpha value is -2.42. The number of ketones is 1. The average molecular weight is 331 g/mol. The predicted octanol–water partition coefficient (Wildman–Crippen LogP) is 3.47. The molecule has 0 radical (unpaired) electrons. The largest absolute Gasteiger partial charge is 0.456 e. The molecule has 1 aromatic carbocycles. The highest BCUT2D eigenvalue weighted by Gasteiger charge is 2.12. The van der Waals surface area contributed by atoms with Gasteiger partial charge in [-0.2, -0.15) is 5.26 Å². The van der Waals surface area contributed by atoms with Gasteiger partial charge in [-0.15, -0.1) is 0 Å². The lowest BCUT2D eigenvalue weighted by Crippen LogP contribution is -2.10. The van der Waals surface area contributed by atoms with Crippen molar-refractivity contribution < 1.29 is 14.3 Å². The van der Waals surface area contributed by atoms with Crippen LogP contribution >= 0.6 is 11.6 Å². The molecule has 5 nitrogen and oxygen atoms in total. The summed E-state index contributed by atoms with van der Waals surface area (Å²) in [6, 6.07) is 8.82. The SMILES string of the molecule is COCC(=O)Cc1cc(Oc2ccc(C)c(Cl)c2C#N)ccn1. The fraction of sp³-hybridized carbons (Fsp3) is 0.235. The van der Waals surface area contributed by atoms with E-state index in [1.165, 1.54) is 7.11 Å². The van der Waals surface area contributed by atoms with Crippen molar-refractivity contribution in [3.8, 4) is 17.6 Å². The first kappa shape index (κ1) is 16.9. The van der Waals surface area contributed by atoms with Gasteiger partial charge < -0.3 is 9.47 Å². The van der Waals surface area contributed by atoms with Crippen molar-refractivity contribution in [2.24, 2.45) is 0 Å². The lowest BCUT2D eigenvalue weighted by molar-refractivity contribution is -0.122. The molecule has 0 saturated carbocycles. The van der Waals surface area contributed by atoms with Gasteiger partial charge in [0.05, 0.1) is 17.1 Å². The summed E-state index contributed by atoms with van der Waals surface area (Å²) in [7, 11) is 1.47. The Bertz CT molecular complexity index is 769. The number of nitriles is 1.